The van der Waals surface area contributed by atoms with E-state index in [1.807, 2.05) is 0 Å². The van der Waals surface area contributed by atoms with Crippen LogP contribution in [0.25, 0.3) is 0 Å². The summed E-state index contributed by atoms with van der Waals surface area (Å²) in [6.45, 7) is 1.77. The van der Waals surface area contributed by atoms with Crippen molar-refractivity contribution in [2.45, 2.75) is 6.92 Å². The van der Waals surface area contributed by atoms with Crippen LogP contribution in [0.2, 0.25) is 0 Å². The molecule has 2 aromatic rings. The number of hydrogen-bond donors (Lipinski definition) is 1. The van der Waals surface area contributed by atoms with Crippen molar-refractivity contribution in [3.8, 4) is 17.2 Å². The fourth-order valence-electron chi connectivity index (χ4n) is 2.13. The van der Waals surface area contributed by atoms with Gasteiger partial charge in [-0.05, 0) is 36.8 Å². The Kier molecular flexibility index (Phi) is 5.05. The quantitative estimate of drug-likeness (QED) is 0.917. The lowest BCUT2D eigenvalue weighted by Gasteiger charge is -2.14. The highest BCUT2D eigenvalue weighted by Gasteiger charge is 2.17. The number of halogens is 1. The number of rotatable bonds is 5. The lowest BCUT2D eigenvalue weighted by atomic mass is 10.1. The number of nitrogens with one attached hydrogen (secondary N) is 1. The minimum absolute atomic E-state index is 0.106. The van der Waals surface area contributed by atoms with Gasteiger partial charge >= 0.3 is 0 Å². The largest absolute Gasteiger partial charge is 0.493 e. The average Bonchev–Trinajstić information content (AvgIpc) is 2.55. The van der Waals surface area contributed by atoms with Gasteiger partial charge in [-0.3, -0.25) is 4.79 Å². The third kappa shape index (κ3) is 3.53. The number of carbonyl (C=O) groups excluding carboxylic acids is 1. The Bertz CT molecular complexity index is 706. The molecule has 1 amide bonds. The van der Waals surface area contributed by atoms with E-state index in [4.69, 9.17) is 14.2 Å². The molecule has 2 aromatic carbocycles. The second-order valence-corrected chi connectivity index (χ2v) is 4.85. The number of benzene rings is 2. The van der Waals surface area contributed by atoms with Crippen LogP contribution in [0.1, 0.15) is 15.9 Å². The Balaban J connectivity index is 2.35. The topological polar surface area (TPSA) is 56.8 Å². The summed E-state index contributed by atoms with van der Waals surface area (Å²) in [4.78, 5) is 12.4. The maximum Gasteiger partial charge on any atom is 0.256 e. The van der Waals surface area contributed by atoms with Crippen LogP contribution in [0.3, 0.4) is 0 Å². The lowest BCUT2D eigenvalue weighted by molar-refractivity contribution is 0.102. The molecule has 0 bridgehead atoms. The first-order valence-electron chi connectivity index (χ1n) is 6.87. The molecule has 23 heavy (non-hydrogen) atoms. The first-order valence-corrected chi connectivity index (χ1v) is 6.87. The van der Waals surface area contributed by atoms with E-state index >= 15 is 0 Å². The van der Waals surface area contributed by atoms with E-state index in [0.29, 0.717) is 17.2 Å². The number of anilines is 1. The highest BCUT2D eigenvalue weighted by Crippen LogP contribution is 2.38. The molecule has 6 heteroatoms. The third-order valence-electron chi connectivity index (χ3n) is 3.30. The van der Waals surface area contributed by atoms with E-state index in [0.717, 1.165) is 5.56 Å². The molecule has 0 aliphatic carbocycles. The van der Waals surface area contributed by atoms with Crippen molar-refractivity contribution < 1.29 is 23.4 Å². The van der Waals surface area contributed by atoms with Gasteiger partial charge in [0.2, 0.25) is 5.75 Å². The molecule has 0 radical (unpaired) electrons. The van der Waals surface area contributed by atoms with Gasteiger partial charge in [0.15, 0.2) is 11.5 Å². The summed E-state index contributed by atoms with van der Waals surface area (Å²) < 4.78 is 29.5. The molecule has 0 aliphatic heterocycles. The molecule has 0 heterocycles. The van der Waals surface area contributed by atoms with Gasteiger partial charge in [0.1, 0.15) is 5.82 Å². The molecule has 0 aromatic heterocycles. The van der Waals surface area contributed by atoms with E-state index in [-0.39, 0.29) is 11.3 Å². The van der Waals surface area contributed by atoms with Crippen molar-refractivity contribution in [1.82, 2.24) is 0 Å². The molecule has 5 nitrogen and oxygen atoms in total. The molecule has 0 fully saturated rings. The second-order valence-electron chi connectivity index (χ2n) is 4.85. The van der Waals surface area contributed by atoms with E-state index in [2.05, 4.69) is 5.32 Å². The van der Waals surface area contributed by atoms with Crippen LogP contribution in [0.5, 0.6) is 17.2 Å². The molecule has 2 rings (SSSR count). The summed E-state index contributed by atoms with van der Waals surface area (Å²) in [5.74, 6) is 0.105. The normalized spacial score (nSPS) is 10.1. The molecule has 0 atom stereocenters. The Labute approximate surface area is 134 Å². The maximum absolute atomic E-state index is 13.9. The van der Waals surface area contributed by atoms with Crippen molar-refractivity contribution >= 4 is 11.6 Å². The molecule has 0 saturated heterocycles. The summed E-state index contributed by atoms with van der Waals surface area (Å²) >= 11 is 0. The van der Waals surface area contributed by atoms with Crippen molar-refractivity contribution in [3.63, 3.8) is 0 Å². The second kappa shape index (κ2) is 7.00. The Morgan fingerprint density at radius 2 is 1.61 bits per heavy atom. The number of ether oxygens (including phenoxy) is 3. The molecular formula is C17H18FNO4. The van der Waals surface area contributed by atoms with Crippen LogP contribution < -0.4 is 19.5 Å². The van der Waals surface area contributed by atoms with Gasteiger partial charge < -0.3 is 19.5 Å². The van der Waals surface area contributed by atoms with Gasteiger partial charge in [0.25, 0.3) is 5.91 Å². The zero-order valence-electron chi connectivity index (χ0n) is 13.4. The van der Waals surface area contributed by atoms with Gasteiger partial charge in [-0.1, -0.05) is 6.07 Å². The predicted octanol–water partition coefficient (Wildman–Crippen LogP) is 3.41. The van der Waals surface area contributed by atoms with Crippen molar-refractivity contribution in [3.05, 3.63) is 47.3 Å². The van der Waals surface area contributed by atoms with Crippen LogP contribution in [0.15, 0.2) is 30.3 Å². The standard InChI is InChI=1S/C17H18FNO4/c1-10-5-6-13(12(18)7-10)19-17(20)11-8-14(21-2)16(23-4)15(9-11)22-3/h5-9H,1-4H3,(H,19,20). The maximum atomic E-state index is 13.9. The molecule has 0 saturated carbocycles. The summed E-state index contributed by atoms with van der Waals surface area (Å²) in [7, 11) is 4.39. The van der Waals surface area contributed by atoms with E-state index in [1.165, 1.54) is 45.6 Å². The fourth-order valence-corrected chi connectivity index (χ4v) is 2.13. The van der Waals surface area contributed by atoms with Crippen molar-refractivity contribution in [2.75, 3.05) is 26.6 Å². The summed E-state index contributed by atoms with van der Waals surface area (Å²) in [5, 5.41) is 2.53. The Morgan fingerprint density at radius 3 is 2.09 bits per heavy atom. The summed E-state index contributed by atoms with van der Waals surface area (Å²) in [6.07, 6.45) is 0. The van der Waals surface area contributed by atoms with Crippen LogP contribution in [-0.2, 0) is 0 Å². The smallest absolute Gasteiger partial charge is 0.256 e. The third-order valence-corrected chi connectivity index (χ3v) is 3.30. The number of methoxy groups -OCH3 is 3. The number of hydrogen-bond acceptors (Lipinski definition) is 4. The SMILES string of the molecule is COc1cc(C(=O)Nc2ccc(C)cc2F)cc(OC)c1OC. The van der Waals surface area contributed by atoms with Gasteiger partial charge in [-0.25, -0.2) is 4.39 Å². The first-order chi connectivity index (χ1) is 11.0. The molecule has 0 spiro atoms. The molecule has 0 aliphatic rings. The summed E-state index contributed by atoms with van der Waals surface area (Å²) in [6, 6.07) is 7.59. The van der Waals surface area contributed by atoms with Gasteiger partial charge in [-0.2, -0.15) is 0 Å². The predicted molar refractivity (Wildman–Crippen MR) is 85.2 cm³/mol. The monoisotopic (exact) mass is 319 g/mol. The number of carbonyl (C=O) groups is 1. The van der Waals surface area contributed by atoms with Crippen molar-refractivity contribution in [2.24, 2.45) is 0 Å². The van der Waals surface area contributed by atoms with E-state index in [1.54, 1.807) is 13.0 Å². The van der Waals surface area contributed by atoms with Crippen LogP contribution in [-0.4, -0.2) is 27.2 Å². The summed E-state index contributed by atoms with van der Waals surface area (Å²) in [5.41, 5.74) is 1.14. The van der Waals surface area contributed by atoms with E-state index < -0.39 is 11.7 Å². The molecule has 0 unspecified atom stereocenters. The lowest BCUT2D eigenvalue weighted by Crippen LogP contribution is -2.13. The van der Waals surface area contributed by atoms with Gasteiger partial charge in [0, 0.05) is 5.56 Å². The highest BCUT2D eigenvalue weighted by molar-refractivity contribution is 6.05. The van der Waals surface area contributed by atoms with Crippen LogP contribution >= 0.6 is 0 Å². The zero-order valence-corrected chi connectivity index (χ0v) is 13.4. The highest BCUT2D eigenvalue weighted by atomic mass is 19.1. The van der Waals surface area contributed by atoms with Gasteiger partial charge in [-0.15, -0.1) is 0 Å². The fraction of sp³-hybridized carbons (Fsp3) is 0.235. The minimum Gasteiger partial charge on any atom is -0.493 e. The molecular weight excluding hydrogens is 301 g/mol. The Morgan fingerprint density at radius 1 is 1.00 bits per heavy atom. The zero-order chi connectivity index (χ0) is 17.0. The average molecular weight is 319 g/mol. The van der Waals surface area contributed by atoms with Crippen LogP contribution in [0, 0.1) is 12.7 Å². The number of amides is 1. The van der Waals surface area contributed by atoms with Crippen LogP contribution in [0.4, 0.5) is 10.1 Å². The minimum atomic E-state index is -0.495. The first kappa shape index (κ1) is 16.6. The number of aryl methyl sites for hydroxylation is 1. The van der Waals surface area contributed by atoms with Crippen molar-refractivity contribution in [1.29, 1.82) is 0 Å². The molecule has 122 valence electrons. The van der Waals surface area contributed by atoms with E-state index in [9.17, 15) is 9.18 Å². The molecule has 1 N–H and O–H groups in total. The Hall–Kier alpha value is -2.76. The van der Waals surface area contributed by atoms with Gasteiger partial charge in [0.05, 0.1) is 27.0 Å².